The molecule has 0 atom stereocenters. The first kappa shape index (κ1) is 10.7. The van der Waals surface area contributed by atoms with Gasteiger partial charge in [0.25, 0.3) is 0 Å². The molecule has 16 heavy (non-hydrogen) atoms. The van der Waals surface area contributed by atoms with Crippen molar-refractivity contribution in [3.8, 4) is 0 Å². The van der Waals surface area contributed by atoms with Gasteiger partial charge in [-0.25, -0.2) is 4.98 Å². The molecule has 2 fully saturated rings. The largest absolute Gasteiger partial charge is 0.313 e. The third-order valence-electron chi connectivity index (χ3n) is 3.95. The molecule has 3 heteroatoms. The van der Waals surface area contributed by atoms with Crippen LogP contribution in [-0.2, 0) is 6.42 Å². The highest BCUT2D eigenvalue weighted by atomic mass is 32.1. The molecule has 1 aromatic rings. The minimum absolute atomic E-state index is 0.548. The highest BCUT2D eigenvalue weighted by Crippen LogP contribution is 2.44. The average molecular weight is 236 g/mol. The maximum atomic E-state index is 4.61. The normalized spacial score (nSPS) is 23.1. The van der Waals surface area contributed by atoms with Gasteiger partial charge in [-0.2, -0.15) is 0 Å². The van der Waals surface area contributed by atoms with E-state index in [9.17, 15) is 0 Å². The van der Waals surface area contributed by atoms with Crippen molar-refractivity contribution >= 4 is 11.3 Å². The van der Waals surface area contributed by atoms with Crippen molar-refractivity contribution in [1.82, 2.24) is 10.3 Å². The molecule has 0 aliphatic heterocycles. The first-order chi connectivity index (χ1) is 7.76. The maximum Gasteiger partial charge on any atom is 0.0934 e. The molecule has 2 nitrogen and oxygen atoms in total. The second-order valence-corrected chi connectivity index (χ2v) is 6.51. The van der Waals surface area contributed by atoms with E-state index in [0.717, 1.165) is 6.04 Å². The molecule has 0 aromatic carbocycles. The van der Waals surface area contributed by atoms with Crippen LogP contribution in [0.15, 0.2) is 5.38 Å². The van der Waals surface area contributed by atoms with Crippen LogP contribution < -0.4 is 5.32 Å². The van der Waals surface area contributed by atoms with Crippen LogP contribution in [-0.4, -0.2) is 17.6 Å². The Morgan fingerprint density at radius 1 is 1.50 bits per heavy atom. The lowest BCUT2D eigenvalue weighted by atomic mass is 9.66. The van der Waals surface area contributed by atoms with Crippen LogP contribution in [0.2, 0.25) is 0 Å². The van der Waals surface area contributed by atoms with Crippen molar-refractivity contribution in [2.45, 2.75) is 51.5 Å². The van der Waals surface area contributed by atoms with Gasteiger partial charge in [0.15, 0.2) is 0 Å². The predicted octanol–water partition coefficient (Wildman–Crippen LogP) is 2.92. The fourth-order valence-electron chi connectivity index (χ4n) is 2.55. The summed E-state index contributed by atoms with van der Waals surface area (Å²) in [6, 6.07) is 0.843. The molecule has 3 rings (SSSR count). The van der Waals surface area contributed by atoms with Crippen LogP contribution in [0.25, 0.3) is 0 Å². The monoisotopic (exact) mass is 236 g/mol. The van der Waals surface area contributed by atoms with Gasteiger partial charge in [0.05, 0.1) is 5.01 Å². The quantitative estimate of drug-likeness (QED) is 0.850. The molecule has 0 radical (unpaired) electrons. The Morgan fingerprint density at radius 3 is 2.81 bits per heavy atom. The Hall–Kier alpha value is -0.410. The lowest BCUT2D eigenvalue weighted by molar-refractivity contribution is 0.129. The molecule has 88 valence electrons. The summed E-state index contributed by atoms with van der Waals surface area (Å²) < 4.78 is 0. The van der Waals surface area contributed by atoms with Gasteiger partial charge in [-0.15, -0.1) is 11.3 Å². The van der Waals surface area contributed by atoms with E-state index in [0.29, 0.717) is 5.41 Å². The minimum atomic E-state index is 0.548. The van der Waals surface area contributed by atoms with Gasteiger partial charge >= 0.3 is 0 Å². The number of hydrogen-bond acceptors (Lipinski definition) is 3. The van der Waals surface area contributed by atoms with Gasteiger partial charge in [0.1, 0.15) is 0 Å². The van der Waals surface area contributed by atoms with Gasteiger partial charge in [-0.3, -0.25) is 0 Å². The van der Waals surface area contributed by atoms with Crippen molar-refractivity contribution < 1.29 is 0 Å². The molecule has 0 bridgehead atoms. The van der Waals surface area contributed by atoms with Gasteiger partial charge in [0, 0.05) is 30.1 Å². The third kappa shape index (κ3) is 2.30. The molecular formula is C13H20N2S. The molecule has 2 saturated carbocycles. The van der Waals surface area contributed by atoms with E-state index in [-0.39, 0.29) is 0 Å². The molecule has 1 aromatic heterocycles. The van der Waals surface area contributed by atoms with Crippen molar-refractivity contribution in [3.63, 3.8) is 0 Å². The van der Waals surface area contributed by atoms with Crippen molar-refractivity contribution in [2.75, 3.05) is 6.54 Å². The number of nitrogens with one attached hydrogen (secondary N) is 1. The second-order valence-electron chi connectivity index (χ2n) is 5.57. The molecule has 2 aliphatic rings. The van der Waals surface area contributed by atoms with Gasteiger partial charge in [-0.1, -0.05) is 6.42 Å². The highest BCUT2D eigenvalue weighted by molar-refractivity contribution is 7.09. The Morgan fingerprint density at radius 2 is 2.31 bits per heavy atom. The molecule has 1 heterocycles. The number of hydrogen-bond donors (Lipinski definition) is 1. The van der Waals surface area contributed by atoms with Crippen LogP contribution in [0, 0.1) is 12.3 Å². The second kappa shape index (κ2) is 4.11. The van der Waals surface area contributed by atoms with E-state index in [1.165, 1.54) is 55.8 Å². The third-order valence-corrected chi connectivity index (χ3v) is 4.92. The van der Waals surface area contributed by atoms with Crippen LogP contribution in [0.1, 0.15) is 42.8 Å². The molecule has 1 N–H and O–H groups in total. The van der Waals surface area contributed by atoms with Crippen LogP contribution in [0.4, 0.5) is 0 Å². The molecule has 2 aliphatic carbocycles. The van der Waals surface area contributed by atoms with Crippen molar-refractivity contribution in [1.29, 1.82) is 0 Å². The number of aryl methyl sites for hydroxylation is 1. The smallest absolute Gasteiger partial charge is 0.0934 e. The summed E-state index contributed by atoms with van der Waals surface area (Å²) in [5, 5.41) is 7.22. The van der Waals surface area contributed by atoms with E-state index in [1.807, 2.05) is 11.3 Å². The van der Waals surface area contributed by atoms with Crippen LogP contribution in [0.5, 0.6) is 0 Å². The number of aromatic nitrogens is 1. The van der Waals surface area contributed by atoms with Gasteiger partial charge in [-0.05, 0) is 38.0 Å². The predicted molar refractivity (Wildman–Crippen MR) is 67.9 cm³/mol. The number of nitrogens with zero attached hydrogens (tertiary/aromatic N) is 1. The lowest BCUT2D eigenvalue weighted by Gasteiger charge is -2.42. The van der Waals surface area contributed by atoms with Crippen LogP contribution >= 0.6 is 11.3 Å². The van der Waals surface area contributed by atoms with E-state index in [4.69, 9.17) is 0 Å². The fraction of sp³-hybridized carbons (Fsp3) is 0.769. The summed E-state index contributed by atoms with van der Waals surface area (Å²) in [7, 11) is 0. The molecule has 0 unspecified atom stereocenters. The van der Waals surface area contributed by atoms with Crippen molar-refractivity contribution in [3.05, 3.63) is 16.1 Å². The molecular weight excluding hydrogens is 216 g/mol. The van der Waals surface area contributed by atoms with Crippen molar-refractivity contribution in [2.24, 2.45) is 5.41 Å². The average Bonchev–Trinajstić information content (AvgIpc) is 2.95. The molecule has 0 amide bonds. The molecule has 0 spiro atoms. The first-order valence-corrected chi connectivity index (χ1v) is 7.28. The first-order valence-electron chi connectivity index (χ1n) is 6.40. The summed E-state index contributed by atoms with van der Waals surface area (Å²) in [5.41, 5.74) is 1.73. The molecule has 0 saturated heterocycles. The Labute approximate surface area is 101 Å². The van der Waals surface area contributed by atoms with Crippen LogP contribution in [0.3, 0.4) is 0 Å². The topological polar surface area (TPSA) is 24.9 Å². The summed E-state index contributed by atoms with van der Waals surface area (Å²) in [4.78, 5) is 4.61. The van der Waals surface area contributed by atoms with E-state index in [2.05, 4.69) is 22.6 Å². The van der Waals surface area contributed by atoms with Gasteiger partial charge < -0.3 is 5.32 Å². The number of rotatable bonds is 5. The Kier molecular flexibility index (Phi) is 2.76. The Bertz CT molecular complexity index is 364. The zero-order chi connectivity index (χ0) is 11.0. The summed E-state index contributed by atoms with van der Waals surface area (Å²) in [6.45, 7) is 3.31. The van der Waals surface area contributed by atoms with Gasteiger partial charge in [0.2, 0.25) is 0 Å². The van der Waals surface area contributed by atoms with E-state index >= 15 is 0 Å². The summed E-state index contributed by atoms with van der Waals surface area (Å²) in [5.74, 6) is 0. The number of thiazole rings is 1. The van der Waals surface area contributed by atoms with E-state index in [1.54, 1.807) is 0 Å². The Balaban J connectivity index is 1.60. The fourth-order valence-corrected chi connectivity index (χ4v) is 3.49. The van der Waals surface area contributed by atoms with E-state index < -0.39 is 0 Å². The summed E-state index contributed by atoms with van der Waals surface area (Å²) in [6.07, 6.45) is 8.19. The minimum Gasteiger partial charge on any atom is -0.313 e. The SMILES string of the molecule is Cc1csc(CC2(CNC3CC3)CCC2)n1. The zero-order valence-corrected chi connectivity index (χ0v) is 10.8. The zero-order valence-electron chi connectivity index (χ0n) is 9.96. The lowest BCUT2D eigenvalue weighted by Crippen LogP contribution is -2.42. The highest BCUT2D eigenvalue weighted by Gasteiger charge is 2.38. The summed E-state index contributed by atoms with van der Waals surface area (Å²) >= 11 is 1.84. The standard InChI is InChI=1S/C13H20N2S/c1-10-8-16-12(15-10)7-13(5-2-6-13)9-14-11-3-4-11/h8,11,14H,2-7,9H2,1H3. The maximum absolute atomic E-state index is 4.61.